The van der Waals surface area contributed by atoms with E-state index < -0.39 is 85.5 Å². The van der Waals surface area contributed by atoms with Crippen LogP contribution in [0.25, 0.3) is 0 Å². The minimum absolute atomic E-state index is 0.0295. The van der Waals surface area contributed by atoms with Gasteiger partial charge in [0, 0.05) is 12.8 Å². The van der Waals surface area contributed by atoms with E-state index >= 15 is 0 Å². The smallest absolute Gasteiger partial charge is 0.305 e. The lowest BCUT2D eigenvalue weighted by molar-refractivity contribution is -0.141. The maximum atomic E-state index is 12.9. The van der Waals surface area contributed by atoms with Gasteiger partial charge in [0.15, 0.2) is 0 Å². The van der Waals surface area contributed by atoms with Gasteiger partial charge in [-0.25, -0.2) is 0 Å². The SMILES string of the molecule is CC(C)C[C@@H](C=O)NC(=O)[C@H](CCC(=O)O)NC(=O)[C@H](CCC(=O)O)NC(=O)[C@H](CC(=O)O)NC=O. The molecule has 7 N–H and O–H groups in total. The summed E-state index contributed by atoms with van der Waals surface area (Å²) in [5.41, 5.74) is 0. The number of aliphatic carboxylic acids is 3. The molecule has 0 unspecified atom stereocenters. The van der Waals surface area contributed by atoms with Gasteiger partial charge in [-0.2, -0.15) is 0 Å². The number of carboxylic acid groups (broad SMARTS) is 3. The van der Waals surface area contributed by atoms with Gasteiger partial charge in [-0.3, -0.25) is 33.6 Å². The lowest BCUT2D eigenvalue weighted by atomic mass is 10.0. The van der Waals surface area contributed by atoms with Crippen molar-refractivity contribution in [2.24, 2.45) is 5.92 Å². The van der Waals surface area contributed by atoms with Gasteiger partial charge in [-0.1, -0.05) is 13.8 Å². The van der Waals surface area contributed by atoms with Gasteiger partial charge >= 0.3 is 17.9 Å². The molecule has 0 aromatic carbocycles. The van der Waals surface area contributed by atoms with Gasteiger partial charge < -0.3 is 41.4 Å². The largest absolute Gasteiger partial charge is 0.481 e. The van der Waals surface area contributed by atoms with E-state index in [0.717, 1.165) is 0 Å². The highest BCUT2D eigenvalue weighted by Crippen LogP contribution is 2.07. The first kappa shape index (κ1) is 32.0. The van der Waals surface area contributed by atoms with Crippen molar-refractivity contribution in [2.75, 3.05) is 0 Å². The molecule has 0 fully saturated rings. The molecule has 15 heteroatoms. The van der Waals surface area contributed by atoms with Crippen LogP contribution in [0.3, 0.4) is 0 Å². The van der Waals surface area contributed by atoms with E-state index in [1.807, 2.05) is 5.32 Å². The molecule has 0 radical (unpaired) electrons. The van der Waals surface area contributed by atoms with Gasteiger partial charge in [-0.15, -0.1) is 0 Å². The van der Waals surface area contributed by atoms with Gasteiger partial charge in [0.25, 0.3) is 0 Å². The summed E-state index contributed by atoms with van der Waals surface area (Å²) in [7, 11) is 0. The Morgan fingerprint density at radius 3 is 1.50 bits per heavy atom. The molecule has 0 spiro atoms. The summed E-state index contributed by atoms with van der Waals surface area (Å²) in [5, 5.41) is 35.6. The van der Waals surface area contributed by atoms with E-state index in [9.17, 15) is 38.4 Å². The molecule has 0 aliphatic carbocycles. The van der Waals surface area contributed by atoms with Gasteiger partial charge in [0.1, 0.15) is 24.4 Å². The molecule has 0 heterocycles. The predicted molar refractivity (Wildman–Crippen MR) is 120 cm³/mol. The van der Waals surface area contributed by atoms with Crippen LogP contribution in [-0.2, 0) is 38.4 Å². The molecular formula is C21H32N4O11. The Hall–Kier alpha value is -4.04. The van der Waals surface area contributed by atoms with Crippen LogP contribution >= 0.6 is 0 Å². The fourth-order valence-electron chi connectivity index (χ4n) is 3.04. The molecule has 0 bridgehead atoms. The van der Waals surface area contributed by atoms with Crippen LogP contribution in [0.15, 0.2) is 0 Å². The molecule has 4 amide bonds. The number of carbonyl (C=O) groups is 8. The van der Waals surface area contributed by atoms with Crippen LogP contribution in [0, 0.1) is 5.92 Å². The minimum Gasteiger partial charge on any atom is -0.481 e. The van der Waals surface area contributed by atoms with E-state index in [2.05, 4.69) is 16.0 Å². The normalized spacial score (nSPS) is 13.9. The maximum absolute atomic E-state index is 12.9. The lowest BCUT2D eigenvalue weighted by Gasteiger charge is -2.25. The van der Waals surface area contributed by atoms with E-state index in [-0.39, 0.29) is 25.2 Å². The van der Waals surface area contributed by atoms with E-state index in [1.165, 1.54) is 0 Å². The maximum Gasteiger partial charge on any atom is 0.305 e. The minimum atomic E-state index is -1.57. The summed E-state index contributed by atoms with van der Waals surface area (Å²) in [6.07, 6.45) is -1.97. The van der Waals surface area contributed by atoms with Gasteiger partial charge in [-0.05, 0) is 25.2 Å². The van der Waals surface area contributed by atoms with Crippen molar-refractivity contribution in [1.29, 1.82) is 0 Å². The molecule has 0 rings (SSSR count). The third-order valence-corrected chi connectivity index (χ3v) is 4.74. The Labute approximate surface area is 206 Å². The summed E-state index contributed by atoms with van der Waals surface area (Å²) < 4.78 is 0. The Morgan fingerprint density at radius 1 is 0.694 bits per heavy atom. The van der Waals surface area contributed by atoms with Crippen LogP contribution in [0.4, 0.5) is 0 Å². The molecule has 15 nitrogen and oxygen atoms in total. The molecular weight excluding hydrogens is 484 g/mol. The van der Waals surface area contributed by atoms with Crippen molar-refractivity contribution in [3.8, 4) is 0 Å². The molecule has 0 saturated carbocycles. The highest BCUT2D eigenvalue weighted by molar-refractivity contribution is 5.95. The highest BCUT2D eigenvalue weighted by Gasteiger charge is 2.31. The average Bonchev–Trinajstić information content (AvgIpc) is 2.77. The first-order chi connectivity index (χ1) is 16.8. The molecule has 4 atom stereocenters. The fraction of sp³-hybridized carbons (Fsp3) is 0.619. The Kier molecular flexibility index (Phi) is 14.7. The van der Waals surface area contributed by atoms with Crippen molar-refractivity contribution in [2.45, 2.75) is 76.5 Å². The third-order valence-electron chi connectivity index (χ3n) is 4.74. The summed E-state index contributed by atoms with van der Waals surface area (Å²) >= 11 is 0. The second kappa shape index (κ2) is 16.6. The topological polar surface area (TPSA) is 245 Å². The quantitative estimate of drug-likeness (QED) is 0.0925. The lowest BCUT2D eigenvalue weighted by Crippen LogP contribution is -2.57. The fourth-order valence-corrected chi connectivity index (χ4v) is 3.04. The Balaban J connectivity index is 5.72. The van der Waals surface area contributed by atoms with Crippen molar-refractivity contribution in [3.05, 3.63) is 0 Å². The standard InChI is InChI=1S/C21H32N4O11/c1-11(2)7-12(9-26)23-19(34)13(3-5-16(28)29)24-20(35)14(4-6-17(30)31)25-21(36)15(22-10-27)8-18(32)33/h9-15H,3-8H2,1-2H3,(H,22,27)(H,23,34)(H,24,35)(H,25,36)(H,28,29)(H,30,31)(H,32,33)/t12-,13-,14-,15-/m0/s1. The Morgan fingerprint density at radius 2 is 1.14 bits per heavy atom. The molecule has 0 aromatic rings. The molecule has 36 heavy (non-hydrogen) atoms. The van der Waals surface area contributed by atoms with Gasteiger partial charge in [0.05, 0.1) is 12.5 Å². The number of nitrogens with one attached hydrogen (secondary N) is 4. The third kappa shape index (κ3) is 13.6. The first-order valence-corrected chi connectivity index (χ1v) is 11.0. The molecule has 202 valence electrons. The number of carboxylic acids is 3. The van der Waals surface area contributed by atoms with Gasteiger partial charge in [0.2, 0.25) is 24.1 Å². The van der Waals surface area contributed by atoms with Crippen LogP contribution < -0.4 is 21.3 Å². The predicted octanol–water partition coefficient (Wildman–Crippen LogP) is -2.00. The van der Waals surface area contributed by atoms with E-state index in [1.54, 1.807) is 13.8 Å². The number of rotatable bonds is 19. The van der Waals surface area contributed by atoms with Crippen LogP contribution in [0.1, 0.15) is 52.4 Å². The van der Waals surface area contributed by atoms with Crippen LogP contribution in [0.2, 0.25) is 0 Å². The molecule has 0 saturated heterocycles. The zero-order chi connectivity index (χ0) is 27.8. The zero-order valence-electron chi connectivity index (χ0n) is 19.9. The Bertz CT molecular complexity index is 831. The molecule has 0 aliphatic rings. The van der Waals surface area contributed by atoms with Crippen LogP contribution in [0.5, 0.6) is 0 Å². The summed E-state index contributed by atoms with van der Waals surface area (Å²) in [6, 6.07) is -5.50. The average molecular weight is 517 g/mol. The second-order valence-electron chi connectivity index (χ2n) is 8.30. The highest BCUT2D eigenvalue weighted by atomic mass is 16.4. The van der Waals surface area contributed by atoms with E-state index in [0.29, 0.717) is 6.29 Å². The van der Waals surface area contributed by atoms with Crippen molar-refractivity contribution in [1.82, 2.24) is 21.3 Å². The summed E-state index contributed by atoms with van der Waals surface area (Å²) in [6.45, 7) is 3.61. The summed E-state index contributed by atoms with van der Waals surface area (Å²) in [5.74, 6) is -7.02. The number of amides is 4. The second-order valence-corrected chi connectivity index (χ2v) is 8.30. The molecule has 0 aromatic heterocycles. The number of hydrogen-bond donors (Lipinski definition) is 7. The van der Waals surface area contributed by atoms with Crippen molar-refractivity contribution in [3.63, 3.8) is 0 Å². The first-order valence-electron chi connectivity index (χ1n) is 11.0. The number of aldehydes is 1. The molecule has 0 aliphatic heterocycles. The van der Waals surface area contributed by atoms with E-state index in [4.69, 9.17) is 15.3 Å². The van der Waals surface area contributed by atoms with Crippen LogP contribution in [-0.4, -0.2) is 87.8 Å². The summed E-state index contributed by atoms with van der Waals surface area (Å²) in [4.78, 5) is 92.9. The van der Waals surface area contributed by atoms with Crippen molar-refractivity contribution < 1.29 is 53.7 Å². The zero-order valence-corrected chi connectivity index (χ0v) is 19.9. The van der Waals surface area contributed by atoms with Crippen molar-refractivity contribution >= 4 is 48.3 Å². The number of carbonyl (C=O) groups excluding carboxylic acids is 5. The number of hydrogen-bond acceptors (Lipinski definition) is 8. The monoisotopic (exact) mass is 516 g/mol.